The first kappa shape index (κ1) is 31.5. The van der Waals surface area contributed by atoms with Gasteiger partial charge in [-0.3, -0.25) is 0 Å². The average Bonchev–Trinajstić information content (AvgIpc) is 3.24. The van der Waals surface area contributed by atoms with Crippen LogP contribution >= 0.6 is 0 Å². The first-order valence-corrected chi connectivity index (χ1v) is 16.8. The van der Waals surface area contributed by atoms with Gasteiger partial charge in [-0.25, -0.2) is 0 Å². The van der Waals surface area contributed by atoms with Crippen LogP contribution in [-0.2, 0) is 0 Å². The predicted octanol–water partition coefficient (Wildman–Crippen LogP) is 5.79. The second kappa shape index (κ2) is 13.2. The molecule has 0 spiro atoms. The molecule has 4 unspecified atom stereocenters. The molecule has 3 saturated carbocycles. The summed E-state index contributed by atoms with van der Waals surface area (Å²) in [6.07, 6.45) is 16.8. The molecular weight excluding hydrogens is 482 g/mol. The van der Waals surface area contributed by atoms with Crippen molar-refractivity contribution in [1.29, 1.82) is 0 Å². The molecule has 0 aliphatic heterocycles. The number of rotatable bonds is 14. The van der Waals surface area contributed by atoms with Gasteiger partial charge in [0.05, 0.1) is 17.7 Å². The number of nitrogens with one attached hydrogen (secondary N) is 2. The lowest BCUT2D eigenvalue weighted by molar-refractivity contribution is -0.181. The first-order chi connectivity index (χ1) is 18.6. The molecule has 9 atom stereocenters. The second-order valence-corrected chi connectivity index (χ2v) is 15.1. The van der Waals surface area contributed by atoms with Crippen LogP contribution < -0.4 is 16.4 Å². The van der Waals surface area contributed by atoms with Crippen LogP contribution in [0.5, 0.6) is 0 Å². The highest BCUT2D eigenvalue weighted by Crippen LogP contribution is 2.67. The molecule has 0 bridgehead atoms. The fourth-order valence-corrected chi connectivity index (χ4v) is 9.82. The van der Waals surface area contributed by atoms with Gasteiger partial charge in [-0.1, -0.05) is 65.5 Å². The zero-order valence-electron chi connectivity index (χ0n) is 26.1. The number of aliphatic hydroxyl groups is 2. The van der Waals surface area contributed by atoms with E-state index in [2.05, 4.69) is 51.3 Å². The lowest BCUT2D eigenvalue weighted by Gasteiger charge is -2.63. The fraction of sp³-hybridized carbons (Fsp3) is 0.941. The third-order valence-electron chi connectivity index (χ3n) is 12.2. The number of fused-ring (bicyclic) bond motifs is 5. The van der Waals surface area contributed by atoms with E-state index in [1.54, 1.807) is 5.57 Å². The molecule has 0 amide bonds. The average molecular weight is 546 g/mol. The molecule has 0 aromatic heterocycles. The third kappa shape index (κ3) is 6.33. The number of allylic oxidation sites excluding steroid dienone is 1. The maximum absolute atomic E-state index is 12.4. The Bertz CT molecular complexity index is 816. The van der Waals surface area contributed by atoms with Crippen molar-refractivity contribution in [1.82, 2.24) is 10.6 Å². The van der Waals surface area contributed by atoms with Crippen LogP contribution in [0.4, 0.5) is 0 Å². The van der Waals surface area contributed by atoms with Crippen molar-refractivity contribution >= 4 is 0 Å². The smallest absolute Gasteiger partial charge is 0.0919 e. The van der Waals surface area contributed by atoms with Gasteiger partial charge >= 0.3 is 0 Å². The Morgan fingerprint density at radius 2 is 1.69 bits per heavy atom. The van der Waals surface area contributed by atoms with E-state index < -0.39 is 11.7 Å². The third-order valence-corrected chi connectivity index (χ3v) is 12.2. The maximum atomic E-state index is 12.4. The summed E-state index contributed by atoms with van der Waals surface area (Å²) in [6.45, 7) is 15.9. The van der Waals surface area contributed by atoms with Crippen LogP contribution in [-0.4, -0.2) is 54.1 Å². The van der Waals surface area contributed by atoms with Gasteiger partial charge < -0.3 is 26.6 Å². The van der Waals surface area contributed by atoms with E-state index in [0.29, 0.717) is 23.7 Å². The maximum Gasteiger partial charge on any atom is 0.0919 e. The Morgan fingerprint density at radius 1 is 0.923 bits per heavy atom. The van der Waals surface area contributed by atoms with Crippen LogP contribution in [0, 0.1) is 40.4 Å². The SMILES string of the molecule is CC(C)CCCC(C)C1CCC2C3=C[C@@H](NCCCNCCCCN)[C@@]4(O)C[C@@H](O)CC[C@]4(C)C3CC[C@@]21C. The van der Waals surface area contributed by atoms with Crippen molar-refractivity contribution in [3.63, 3.8) is 0 Å². The highest BCUT2D eigenvalue weighted by Gasteiger charge is 2.64. The molecule has 0 radical (unpaired) electrons. The summed E-state index contributed by atoms with van der Waals surface area (Å²) >= 11 is 0. The van der Waals surface area contributed by atoms with Crippen molar-refractivity contribution in [2.24, 2.45) is 46.2 Å². The molecule has 0 heterocycles. The Hall–Kier alpha value is -0.460. The van der Waals surface area contributed by atoms with Gasteiger partial charge in [-0.2, -0.15) is 0 Å². The van der Waals surface area contributed by atoms with Crippen LogP contribution in [0.3, 0.4) is 0 Å². The molecule has 3 fully saturated rings. The standard InChI is InChI=1S/C34H63N3O2/c1-24(2)10-8-11-25(3)28-12-13-29-27-22-31(37-21-9-20-36-19-7-6-18-35)34(39)23-26(38)14-17-33(34,5)30(27)15-16-32(28,29)4/h22,24-26,28-31,36-39H,6-21,23,35H2,1-5H3/t25?,26-,28?,29?,30?,31+,32+,33+,34-/m0/s1. The monoisotopic (exact) mass is 545 g/mol. The number of nitrogens with two attached hydrogens (primary N) is 1. The Balaban J connectivity index is 1.50. The molecule has 0 aromatic rings. The summed E-state index contributed by atoms with van der Waals surface area (Å²) in [5.41, 5.74) is 6.61. The van der Waals surface area contributed by atoms with Gasteiger partial charge in [0.25, 0.3) is 0 Å². The molecule has 5 heteroatoms. The molecule has 0 saturated heterocycles. The fourth-order valence-electron chi connectivity index (χ4n) is 9.82. The molecule has 226 valence electrons. The Kier molecular flexibility index (Phi) is 10.7. The minimum Gasteiger partial charge on any atom is -0.393 e. The van der Waals surface area contributed by atoms with E-state index in [-0.39, 0.29) is 11.5 Å². The Labute approximate surface area is 240 Å². The summed E-state index contributed by atoms with van der Waals surface area (Å²) in [4.78, 5) is 0. The van der Waals surface area contributed by atoms with Crippen LogP contribution in [0.1, 0.15) is 118 Å². The molecular formula is C34H63N3O2. The molecule has 5 nitrogen and oxygen atoms in total. The van der Waals surface area contributed by atoms with Gasteiger partial charge in [0.15, 0.2) is 0 Å². The van der Waals surface area contributed by atoms with Gasteiger partial charge in [0.1, 0.15) is 0 Å². The van der Waals surface area contributed by atoms with Crippen LogP contribution in [0.2, 0.25) is 0 Å². The van der Waals surface area contributed by atoms with Crippen molar-refractivity contribution < 1.29 is 10.2 Å². The summed E-state index contributed by atoms with van der Waals surface area (Å²) < 4.78 is 0. The van der Waals surface area contributed by atoms with E-state index in [1.165, 1.54) is 44.9 Å². The highest BCUT2D eigenvalue weighted by molar-refractivity contribution is 5.34. The van der Waals surface area contributed by atoms with E-state index in [1.807, 2.05) is 0 Å². The molecule has 4 aliphatic carbocycles. The first-order valence-electron chi connectivity index (χ1n) is 16.8. The van der Waals surface area contributed by atoms with Gasteiger partial charge in [0.2, 0.25) is 0 Å². The number of unbranched alkanes of at least 4 members (excludes halogenated alkanes) is 1. The molecule has 39 heavy (non-hydrogen) atoms. The van der Waals surface area contributed by atoms with E-state index in [9.17, 15) is 10.2 Å². The topological polar surface area (TPSA) is 90.5 Å². The quantitative estimate of drug-likeness (QED) is 0.141. The molecule has 4 rings (SSSR count). The predicted molar refractivity (Wildman–Crippen MR) is 163 cm³/mol. The molecule has 6 N–H and O–H groups in total. The molecule has 0 aromatic carbocycles. The van der Waals surface area contributed by atoms with E-state index in [0.717, 1.165) is 76.0 Å². The van der Waals surface area contributed by atoms with Crippen molar-refractivity contribution in [2.75, 3.05) is 26.2 Å². The van der Waals surface area contributed by atoms with Crippen LogP contribution in [0.15, 0.2) is 11.6 Å². The minimum atomic E-state index is -0.886. The summed E-state index contributed by atoms with van der Waals surface area (Å²) in [5.74, 6) is 3.51. The van der Waals surface area contributed by atoms with Gasteiger partial charge in [-0.15, -0.1) is 0 Å². The van der Waals surface area contributed by atoms with E-state index >= 15 is 0 Å². The zero-order chi connectivity index (χ0) is 28.3. The largest absolute Gasteiger partial charge is 0.393 e. The zero-order valence-corrected chi connectivity index (χ0v) is 26.1. The van der Waals surface area contributed by atoms with Crippen molar-refractivity contribution in [3.05, 3.63) is 11.6 Å². The number of hydrogen-bond donors (Lipinski definition) is 5. The number of hydrogen-bond acceptors (Lipinski definition) is 5. The second-order valence-electron chi connectivity index (χ2n) is 15.1. The number of aliphatic hydroxyl groups excluding tert-OH is 1. The van der Waals surface area contributed by atoms with Crippen molar-refractivity contribution in [3.8, 4) is 0 Å². The van der Waals surface area contributed by atoms with E-state index in [4.69, 9.17) is 5.73 Å². The van der Waals surface area contributed by atoms with Crippen molar-refractivity contribution in [2.45, 2.75) is 136 Å². The normalized spacial score (nSPS) is 40.6. The summed E-state index contributed by atoms with van der Waals surface area (Å²) in [6, 6.07) is -0.0780. The van der Waals surface area contributed by atoms with Crippen LogP contribution in [0.25, 0.3) is 0 Å². The lowest BCUT2D eigenvalue weighted by atomic mass is 9.45. The molecule has 4 aliphatic rings. The Morgan fingerprint density at radius 3 is 2.44 bits per heavy atom. The minimum absolute atomic E-state index is 0.0780. The highest BCUT2D eigenvalue weighted by atomic mass is 16.3. The van der Waals surface area contributed by atoms with Gasteiger partial charge in [0, 0.05) is 11.8 Å². The lowest BCUT2D eigenvalue weighted by Crippen LogP contribution is -2.68. The van der Waals surface area contributed by atoms with Gasteiger partial charge in [-0.05, 0) is 119 Å². The summed E-state index contributed by atoms with van der Waals surface area (Å²) in [7, 11) is 0. The summed E-state index contributed by atoms with van der Waals surface area (Å²) in [5, 5.41) is 30.5.